The van der Waals surface area contributed by atoms with Gasteiger partial charge in [0.2, 0.25) is 0 Å². The van der Waals surface area contributed by atoms with Gasteiger partial charge in [-0.25, -0.2) is 0 Å². The standard InChI is InChI=1S/C17H21NO3S/c1-3-18(16-7-5-4-6-8-16)13-14-21-22(19,20)17-11-9-15(2)10-12-17/h4-12H,3,13-14H2,1-2H3. The van der Waals surface area contributed by atoms with Crippen LogP contribution in [0, 0.1) is 6.92 Å². The van der Waals surface area contributed by atoms with Crippen LogP contribution in [0.2, 0.25) is 0 Å². The van der Waals surface area contributed by atoms with E-state index >= 15 is 0 Å². The summed E-state index contributed by atoms with van der Waals surface area (Å²) in [6, 6.07) is 16.5. The predicted octanol–water partition coefficient (Wildman–Crippen LogP) is 3.23. The molecule has 0 N–H and O–H groups in total. The van der Waals surface area contributed by atoms with Crippen molar-refractivity contribution in [1.29, 1.82) is 0 Å². The van der Waals surface area contributed by atoms with Crippen LogP contribution in [0.5, 0.6) is 0 Å². The van der Waals surface area contributed by atoms with Crippen molar-refractivity contribution in [2.45, 2.75) is 18.7 Å². The molecule has 0 atom stereocenters. The lowest BCUT2D eigenvalue weighted by Gasteiger charge is -2.22. The lowest BCUT2D eigenvalue weighted by molar-refractivity contribution is 0.324. The van der Waals surface area contributed by atoms with Gasteiger partial charge in [0.1, 0.15) is 0 Å². The smallest absolute Gasteiger partial charge is 0.297 e. The highest BCUT2D eigenvalue weighted by Gasteiger charge is 2.15. The Balaban J connectivity index is 1.96. The van der Waals surface area contributed by atoms with Crippen molar-refractivity contribution in [3.8, 4) is 0 Å². The Labute approximate surface area is 132 Å². The molecule has 0 unspecified atom stereocenters. The summed E-state index contributed by atoms with van der Waals surface area (Å²) in [6.45, 7) is 5.38. The summed E-state index contributed by atoms with van der Waals surface area (Å²) < 4.78 is 29.4. The number of benzene rings is 2. The van der Waals surface area contributed by atoms with Crippen LogP contribution < -0.4 is 4.90 Å². The number of para-hydroxylation sites is 1. The molecule has 4 nitrogen and oxygen atoms in total. The van der Waals surface area contributed by atoms with E-state index in [-0.39, 0.29) is 11.5 Å². The second kappa shape index (κ2) is 7.42. The Bertz CT molecular complexity index is 682. The minimum Gasteiger partial charge on any atom is -0.369 e. The van der Waals surface area contributed by atoms with E-state index in [9.17, 15) is 8.42 Å². The molecule has 0 heterocycles. The third kappa shape index (κ3) is 4.32. The molecule has 0 aromatic heterocycles. The number of rotatable bonds is 7. The van der Waals surface area contributed by atoms with Crippen LogP contribution in [0.3, 0.4) is 0 Å². The van der Waals surface area contributed by atoms with Crippen molar-refractivity contribution in [1.82, 2.24) is 0 Å². The summed E-state index contributed by atoms with van der Waals surface area (Å²) in [5, 5.41) is 0. The van der Waals surface area contributed by atoms with E-state index in [4.69, 9.17) is 4.18 Å². The Hall–Kier alpha value is -1.85. The average molecular weight is 319 g/mol. The van der Waals surface area contributed by atoms with Gasteiger partial charge in [-0.05, 0) is 38.1 Å². The highest BCUT2D eigenvalue weighted by Crippen LogP contribution is 2.15. The summed E-state index contributed by atoms with van der Waals surface area (Å²) in [6.07, 6.45) is 0. The zero-order chi connectivity index (χ0) is 16.0. The van der Waals surface area contributed by atoms with Gasteiger partial charge in [0, 0.05) is 18.8 Å². The van der Waals surface area contributed by atoms with E-state index in [0.717, 1.165) is 17.8 Å². The third-order valence-electron chi connectivity index (χ3n) is 3.41. The van der Waals surface area contributed by atoms with Crippen molar-refractivity contribution >= 4 is 15.8 Å². The first-order valence-electron chi connectivity index (χ1n) is 7.29. The third-order valence-corrected chi connectivity index (χ3v) is 4.74. The van der Waals surface area contributed by atoms with Crippen molar-refractivity contribution in [2.75, 3.05) is 24.6 Å². The first kappa shape index (κ1) is 16.5. The van der Waals surface area contributed by atoms with Gasteiger partial charge >= 0.3 is 0 Å². The van der Waals surface area contributed by atoms with Crippen LogP contribution in [-0.2, 0) is 14.3 Å². The highest BCUT2D eigenvalue weighted by atomic mass is 32.2. The van der Waals surface area contributed by atoms with Crippen LogP contribution in [0.15, 0.2) is 59.5 Å². The Morgan fingerprint density at radius 1 is 1.00 bits per heavy atom. The minimum absolute atomic E-state index is 0.124. The molecule has 0 bridgehead atoms. The summed E-state index contributed by atoms with van der Waals surface area (Å²) in [4.78, 5) is 2.27. The molecule has 2 aromatic rings. The molecule has 118 valence electrons. The van der Waals surface area contributed by atoms with Crippen molar-refractivity contribution in [3.05, 3.63) is 60.2 Å². The fourth-order valence-corrected chi connectivity index (χ4v) is 3.04. The lowest BCUT2D eigenvalue weighted by Crippen LogP contribution is -2.28. The molecular weight excluding hydrogens is 298 g/mol. The maximum atomic E-state index is 12.1. The van der Waals surface area contributed by atoms with E-state index in [2.05, 4.69) is 4.90 Å². The van der Waals surface area contributed by atoms with Gasteiger partial charge in [-0.15, -0.1) is 0 Å². The summed E-state index contributed by atoms with van der Waals surface area (Å²) in [5.41, 5.74) is 2.07. The molecule has 0 saturated heterocycles. The van der Waals surface area contributed by atoms with Gasteiger partial charge in [0.05, 0.1) is 11.5 Å². The lowest BCUT2D eigenvalue weighted by atomic mass is 10.2. The maximum absolute atomic E-state index is 12.1. The minimum atomic E-state index is -3.69. The van der Waals surface area contributed by atoms with Crippen LogP contribution in [0.25, 0.3) is 0 Å². The average Bonchev–Trinajstić information content (AvgIpc) is 2.53. The molecule has 0 radical (unpaired) electrons. The molecule has 22 heavy (non-hydrogen) atoms. The van der Waals surface area contributed by atoms with Gasteiger partial charge in [0.25, 0.3) is 10.1 Å². The topological polar surface area (TPSA) is 46.6 Å². The number of hydrogen-bond donors (Lipinski definition) is 0. The zero-order valence-corrected chi connectivity index (χ0v) is 13.7. The molecule has 0 saturated carbocycles. The van der Waals surface area contributed by atoms with Crippen molar-refractivity contribution in [3.63, 3.8) is 0 Å². The normalized spacial score (nSPS) is 11.4. The van der Waals surface area contributed by atoms with Crippen molar-refractivity contribution in [2.24, 2.45) is 0 Å². The molecule has 0 aliphatic rings. The molecular formula is C17H21NO3S. The number of hydrogen-bond acceptors (Lipinski definition) is 4. The predicted molar refractivity (Wildman–Crippen MR) is 88.6 cm³/mol. The number of aryl methyl sites for hydroxylation is 1. The van der Waals surface area contributed by atoms with Gasteiger partial charge in [-0.3, -0.25) is 4.18 Å². The Morgan fingerprint density at radius 2 is 1.64 bits per heavy atom. The monoisotopic (exact) mass is 319 g/mol. The van der Waals surface area contributed by atoms with Crippen LogP contribution in [-0.4, -0.2) is 28.1 Å². The van der Waals surface area contributed by atoms with E-state index in [1.807, 2.05) is 44.2 Å². The van der Waals surface area contributed by atoms with Crippen molar-refractivity contribution < 1.29 is 12.6 Å². The quantitative estimate of drug-likeness (QED) is 0.735. The molecule has 0 spiro atoms. The SMILES string of the molecule is CCN(CCOS(=O)(=O)c1ccc(C)cc1)c1ccccc1. The maximum Gasteiger partial charge on any atom is 0.297 e. The number of anilines is 1. The summed E-state index contributed by atoms with van der Waals surface area (Å²) in [7, 11) is -3.69. The van der Waals surface area contributed by atoms with E-state index in [1.165, 1.54) is 0 Å². The Morgan fingerprint density at radius 3 is 2.23 bits per heavy atom. The fourth-order valence-electron chi connectivity index (χ4n) is 2.14. The summed E-state index contributed by atoms with van der Waals surface area (Å²) in [5.74, 6) is 0. The second-order valence-corrected chi connectivity index (χ2v) is 6.62. The van der Waals surface area contributed by atoms with Gasteiger partial charge < -0.3 is 4.90 Å². The van der Waals surface area contributed by atoms with Gasteiger partial charge in [-0.2, -0.15) is 8.42 Å². The first-order valence-corrected chi connectivity index (χ1v) is 8.70. The van der Waals surface area contributed by atoms with Crippen LogP contribution in [0.1, 0.15) is 12.5 Å². The fraction of sp³-hybridized carbons (Fsp3) is 0.294. The Kier molecular flexibility index (Phi) is 5.57. The molecule has 2 rings (SSSR count). The largest absolute Gasteiger partial charge is 0.369 e. The van der Waals surface area contributed by atoms with Crippen LogP contribution >= 0.6 is 0 Å². The van der Waals surface area contributed by atoms with Gasteiger partial charge in [-0.1, -0.05) is 35.9 Å². The van der Waals surface area contributed by atoms with E-state index in [1.54, 1.807) is 24.3 Å². The van der Waals surface area contributed by atoms with Gasteiger partial charge in [0.15, 0.2) is 0 Å². The van der Waals surface area contributed by atoms with Crippen LogP contribution in [0.4, 0.5) is 5.69 Å². The second-order valence-electron chi connectivity index (χ2n) is 5.00. The number of likely N-dealkylation sites (N-methyl/N-ethyl adjacent to an activating group) is 1. The highest BCUT2D eigenvalue weighted by molar-refractivity contribution is 7.86. The first-order chi connectivity index (χ1) is 10.5. The molecule has 0 amide bonds. The molecule has 0 aliphatic heterocycles. The molecule has 0 aliphatic carbocycles. The van der Waals surface area contributed by atoms with E-state index < -0.39 is 10.1 Å². The van der Waals surface area contributed by atoms with E-state index in [0.29, 0.717) is 6.54 Å². The molecule has 2 aromatic carbocycles. The molecule has 5 heteroatoms. The summed E-state index contributed by atoms with van der Waals surface area (Å²) >= 11 is 0. The molecule has 0 fully saturated rings. The number of nitrogens with zero attached hydrogens (tertiary/aromatic N) is 1. The zero-order valence-electron chi connectivity index (χ0n) is 12.9.